The Hall–Kier alpha value is -2.08. The highest BCUT2D eigenvalue weighted by Gasteiger charge is 2.16. The van der Waals surface area contributed by atoms with Gasteiger partial charge in [-0.05, 0) is 12.8 Å². The van der Waals surface area contributed by atoms with E-state index in [1.165, 1.54) is 11.8 Å². The first kappa shape index (κ1) is 20.0. The van der Waals surface area contributed by atoms with E-state index in [9.17, 15) is 20.2 Å². The van der Waals surface area contributed by atoms with Crippen LogP contribution in [0.25, 0.3) is 0 Å². The lowest BCUT2D eigenvalue weighted by atomic mass is 10.1. The third kappa shape index (κ3) is 9.15. The fourth-order valence-electron chi connectivity index (χ4n) is 1.94. The van der Waals surface area contributed by atoms with Crippen molar-refractivity contribution < 1.29 is 14.7 Å². The number of nitrogens with zero attached hydrogens (tertiary/aromatic N) is 3. The summed E-state index contributed by atoms with van der Waals surface area (Å²) in [7, 11) is 1.58. The molecule has 0 spiro atoms. The molecule has 0 aliphatic carbocycles. The SMILES string of the molecule is CN/C(=N/[N+](=O)[O-])NCC1CCOC1.O=[N+]([O-])/C=C1/NCCCS1. The van der Waals surface area contributed by atoms with E-state index in [2.05, 4.69) is 21.1 Å². The Morgan fingerprint density at radius 3 is 2.83 bits per heavy atom. The Kier molecular flexibility index (Phi) is 9.53. The highest BCUT2D eigenvalue weighted by molar-refractivity contribution is 8.03. The van der Waals surface area contributed by atoms with Crippen LogP contribution in [0.4, 0.5) is 0 Å². The minimum atomic E-state index is -0.732. The third-order valence-corrected chi connectivity index (χ3v) is 4.15. The highest BCUT2D eigenvalue weighted by Crippen LogP contribution is 2.17. The zero-order valence-electron chi connectivity index (χ0n) is 13.4. The minimum Gasteiger partial charge on any atom is -0.381 e. The Morgan fingerprint density at radius 1 is 1.54 bits per heavy atom. The number of ether oxygens (including phenoxy) is 1. The van der Waals surface area contributed by atoms with Crippen molar-refractivity contribution >= 4 is 17.7 Å². The second kappa shape index (κ2) is 11.5. The molecule has 0 aromatic carbocycles. The van der Waals surface area contributed by atoms with Gasteiger partial charge in [-0.25, -0.2) is 10.1 Å². The first-order chi connectivity index (χ1) is 11.5. The minimum absolute atomic E-state index is 0.182. The standard InChI is InChI=1S/C7H14N4O3.C5H8N2O2S/c1-8-7(10-11(12)13)9-4-6-2-3-14-5-6;8-7(9)4-5-6-2-1-3-10-5/h6H,2-5H2,1H3,(H2,8,9,10);4,6H,1-3H2/b;5-4-. The molecule has 0 amide bonds. The number of rotatable bonds is 4. The fraction of sp³-hybridized carbons (Fsp3) is 0.750. The van der Waals surface area contributed by atoms with Crippen molar-refractivity contribution in [2.45, 2.75) is 12.8 Å². The Bertz CT molecular complexity index is 473. The predicted molar refractivity (Wildman–Crippen MR) is 90.6 cm³/mol. The van der Waals surface area contributed by atoms with Gasteiger partial charge >= 0.3 is 0 Å². The molecule has 2 fully saturated rings. The van der Waals surface area contributed by atoms with Crippen molar-refractivity contribution in [3.05, 3.63) is 31.5 Å². The molecule has 12 heteroatoms. The van der Waals surface area contributed by atoms with E-state index >= 15 is 0 Å². The zero-order chi connectivity index (χ0) is 17.8. The molecule has 2 aliphatic rings. The van der Waals surface area contributed by atoms with Crippen LogP contribution in [-0.4, -0.2) is 55.0 Å². The van der Waals surface area contributed by atoms with Crippen LogP contribution >= 0.6 is 11.8 Å². The largest absolute Gasteiger partial charge is 0.381 e. The molecule has 1 unspecified atom stereocenters. The van der Waals surface area contributed by atoms with Gasteiger partial charge in [-0.3, -0.25) is 10.1 Å². The van der Waals surface area contributed by atoms with E-state index in [0.29, 0.717) is 24.1 Å². The monoisotopic (exact) mass is 362 g/mol. The quantitative estimate of drug-likeness (QED) is 0.276. The van der Waals surface area contributed by atoms with Crippen molar-refractivity contribution in [3.63, 3.8) is 0 Å². The van der Waals surface area contributed by atoms with Crippen molar-refractivity contribution in [1.82, 2.24) is 16.0 Å². The van der Waals surface area contributed by atoms with E-state index < -0.39 is 9.96 Å². The summed E-state index contributed by atoms with van der Waals surface area (Å²) in [5.41, 5.74) is 0. The topological polar surface area (TPSA) is 144 Å². The molecular weight excluding hydrogens is 340 g/mol. The maximum Gasteiger partial charge on any atom is 0.268 e. The van der Waals surface area contributed by atoms with E-state index in [0.717, 1.165) is 37.9 Å². The lowest BCUT2D eigenvalue weighted by Crippen LogP contribution is -2.38. The van der Waals surface area contributed by atoms with Gasteiger partial charge in [-0.15, -0.1) is 11.8 Å². The Morgan fingerprint density at radius 2 is 2.33 bits per heavy atom. The Balaban J connectivity index is 0.000000254. The number of hydrazone groups is 1. The van der Waals surface area contributed by atoms with Crippen molar-refractivity contribution in [1.29, 1.82) is 0 Å². The molecule has 2 saturated heterocycles. The van der Waals surface area contributed by atoms with Gasteiger partial charge in [0, 0.05) is 38.4 Å². The normalized spacial score (nSPS) is 22.1. The molecular formula is C12H22N6O5S. The molecule has 0 aromatic heterocycles. The van der Waals surface area contributed by atoms with Crippen LogP contribution in [0.2, 0.25) is 0 Å². The molecule has 1 atom stereocenters. The molecule has 2 rings (SSSR count). The van der Waals surface area contributed by atoms with Gasteiger partial charge in [0.1, 0.15) is 10.1 Å². The molecule has 2 heterocycles. The molecule has 24 heavy (non-hydrogen) atoms. The highest BCUT2D eigenvalue weighted by atomic mass is 32.2. The van der Waals surface area contributed by atoms with Gasteiger partial charge in [0.05, 0.1) is 11.5 Å². The molecule has 3 N–H and O–H groups in total. The van der Waals surface area contributed by atoms with Crippen molar-refractivity contribution in [3.8, 4) is 0 Å². The first-order valence-electron chi connectivity index (χ1n) is 7.45. The summed E-state index contributed by atoms with van der Waals surface area (Å²) >= 11 is 1.50. The van der Waals surface area contributed by atoms with Crippen LogP contribution < -0.4 is 16.0 Å². The number of nitro groups is 2. The Labute approximate surface area is 143 Å². The summed E-state index contributed by atoms with van der Waals surface area (Å²) in [6.07, 6.45) is 3.09. The van der Waals surface area contributed by atoms with Crippen LogP contribution in [0.1, 0.15) is 12.8 Å². The maximum atomic E-state index is 10.1. The van der Waals surface area contributed by atoms with E-state index in [-0.39, 0.29) is 5.96 Å². The van der Waals surface area contributed by atoms with Gasteiger partial charge in [-0.2, -0.15) is 0 Å². The summed E-state index contributed by atoms with van der Waals surface area (Å²) < 4.78 is 5.17. The van der Waals surface area contributed by atoms with Gasteiger partial charge in [-0.1, -0.05) is 0 Å². The number of guanidine groups is 1. The number of hydrogen-bond acceptors (Lipinski definition) is 7. The second-order valence-electron chi connectivity index (χ2n) is 4.95. The van der Waals surface area contributed by atoms with Crippen LogP contribution in [-0.2, 0) is 4.74 Å². The van der Waals surface area contributed by atoms with Crippen LogP contribution in [0, 0.1) is 26.1 Å². The van der Waals surface area contributed by atoms with Crippen LogP contribution in [0.5, 0.6) is 0 Å². The van der Waals surface area contributed by atoms with E-state index in [4.69, 9.17) is 4.74 Å². The first-order valence-corrected chi connectivity index (χ1v) is 8.44. The lowest BCUT2D eigenvalue weighted by molar-refractivity contribution is -0.485. The van der Waals surface area contributed by atoms with E-state index in [1.54, 1.807) is 7.05 Å². The number of hydrogen-bond donors (Lipinski definition) is 3. The predicted octanol–water partition coefficient (Wildman–Crippen LogP) is 0.168. The number of nitrogens with one attached hydrogen (secondary N) is 3. The average molecular weight is 362 g/mol. The second-order valence-corrected chi connectivity index (χ2v) is 6.09. The molecule has 2 aliphatic heterocycles. The van der Waals surface area contributed by atoms with Crippen molar-refractivity contribution in [2.75, 3.05) is 39.1 Å². The molecule has 0 aromatic rings. The van der Waals surface area contributed by atoms with Gasteiger partial charge in [0.25, 0.3) is 12.2 Å². The van der Waals surface area contributed by atoms with Gasteiger partial charge < -0.3 is 20.7 Å². The molecule has 0 saturated carbocycles. The zero-order valence-corrected chi connectivity index (χ0v) is 14.2. The van der Waals surface area contributed by atoms with Crippen LogP contribution in [0.15, 0.2) is 16.3 Å². The summed E-state index contributed by atoms with van der Waals surface area (Å²) in [5, 5.41) is 31.5. The molecule has 136 valence electrons. The summed E-state index contributed by atoms with van der Waals surface area (Å²) in [6, 6.07) is 0. The number of thioether (sulfide) groups is 1. The molecule has 11 nitrogen and oxygen atoms in total. The lowest BCUT2D eigenvalue weighted by Gasteiger charge is -2.12. The summed E-state index contributed by atoms with van der Waals surface area (Å²) in [6.45, 7) is 2.98. The van der Waals surface area contributed by atoms with Crippen molar-refractivity contribution in [2.24, 2.45) is 11.0 Å². The fourth-order valence-corrected chi connectivity index (χ4v) is 2.81. The summed E-state index contributed by atoms with van der Waals surface area (Å²) in [5.74, 6) is 1.58. The van der Waals surface area contributed by atoms with Gasteiger partial charge in [0.2, 0.25) is 0 Å². The molecule has 0 radical (unpaired) electrons. The smallest absolute Gasteiger partial charge is 0.268 e. The van der Waals surface area contributed by atoms with E-state index in [1.807, 2.05) is 0 Å². The van der Waals surface area contributed by atoms with Gasteiger partial charge in [0.15, 0.2) is 5.03 Å². The molecule has 0 bridgehead atoms. The summed E-state index contributed by atoms with van der Waals surface area (Å²) in [4.78, 5) is 19.6. The average Bonchev–Trinajstić information content (AvgIpc) is 3.05. The third-order valence-electron chi connectivity index (χ3n) is 3.10. The van der Waals surface area contributed by atoms with Crippen LogP contribution in [0.3, 0.4) is 0 Å². The maximum absolute atomic E-state index is 10.1.